The molecule has 0 heterocycles. The zero-order valence-electron chi connectivity index (χ0n) is 30.6. The lowest BCUT2D eigenvalue weighted by Gasteiger charge is -2.32. The number of hydrogen-bond acceptors (Lipinski definition) is 5. The number of nitrogens with one attached hydrogen (secondary N) is 1. The summed E-state index contributed by atoms with van der Waals surface area (Å²) >= 11 is 0. The summed E-state index contributed by atoms with van der Waals surface area (Å²) in [5.74, 6) is 1.95. The van der Waals surface area contributed by atoms with Crippen molar-refractivity contribution in [3.05, 3.63) is 131 Å². The van der Waals surface area contributed by atoms with Crippen LogP contribution in [0.15, 0.2) is 103 Å². The molecule has 0 aliphatic rings. The first-order valence-corrected chi connectivity index (χ1v) is 17.8. The van der Waals surface area contributed by atoms with Crippen LogP contribution >= 0.6 is 0 Å². The third kappa shape index (κ3) is 12.6. The van der Waals surface area contributed by atoms with Crippen LogP contribution in [0.4, 0.5) is 4.79 Å². The van der Waals surface area contributed by atoms with E-state index in [1.165, 1.54) is 16.7 Å². The minimum absolute atomic E-state index is 0.185. The summed E-state index contributed by atoms with van der Waals surface area (Å²) in [6.07, 6.45) is 2.09. The van der Waals surface area contributed by atoms with Gasteiger partial charge in [0.1, 0.15) is 23.7 Å². The van der Waals surface area contributed by atoms with Crippen LogP contribution in [0.5, 0.6) is 11.5 Å². The summed E-state index contributed by atoms with van der Waals surface area (Å²) in [6, 6.07) is 36.9. The number of hydrogen-bond donors (Lipinski definition) is 1. The maximum Gasteiger partial charge on any atom is 0.407 e. The van der Waals surface area contributed by atoms with Crippen LogP contribution < -0.4 is 14.8 Å². The van der Waals surface area contributed by atoms with Gasteiger partial charge in [0.2, 0.25) is 0 Å². The van der Waals surface area contributed by atoms with Gasteiger partial charge in [0, 0.05) is 36.5 Å². The standard InChI is InChI=1S/C43H56N2O4/c1-32(2)45(33(3)4)28-25-39(37-16-12-9-13-17-37)40-30-35(20-23-41(40)48-31-36-14-10-8-11-15-36)26-29-47-38-21-18-34(19-22-38)24-27-44-42(46)49-43(5,6)7/h8-23,30,32-33,39H,24-29,31H2,1-7H3,(H,44,46)/t39-/m1/s1. The Morgan fingerprint density at radius 1 is 0.735 bits per heavy atom. The third-order valence-corrected chi connectivity index (χ3v) is 8.56. The van der Waals surface area contributed by atoms with E-state index in [2.05, 4.69) is 111 Å². The first-order valence-electron chi connectivity index (χ1n) is 17.8. The van der Waals surface area contributed by atoms with Crippen LogP contribution in [0.25, 0.3) is 0 Å². The average Bonchev–Trinajstić information content (AvgIpc) is 3.06. The van der Waals surface area contributed by atoms with Crippen molar-refractivity contribution in [1.29, 1.82) is 0 Å². The number of carbonyl (C=O) groups is 1. The van der Waals surface area contributed by atoms with Crippen molar-refractivity contribution < 1.29 is 19.0 Å². The Morgan fingerprint density at radius 2 is 1.37 bits per heavy atom. The van der Waals surface area contributed by atoms with E-state index in [0.717, 1.165) is 48.4 Å². The van der Waals surface area contributed by atoms with E-state index >= 15 is 0 Å². The van der Waals surface area contributed by atoms with Gasteiger partial charge in [0.15, 0.2) is 0 Å². The van der Waals surface area contributed by atoms with Crippen LogP contribution in [0.1, 0.15) is 88.6 Å². The van der Waals surface area contributed by atoms with Gasteiger partial charge in [-0.25, -0.2) is 4.79 Å². The van der Waals surface area contributed by atoms with Gasteiger partial charge < -0.3 is 19.5 Å². The van der Waals surface area contributed by atoms with E-state index in [0.29, 0.717) is 31.8 Å². The number of ether oxygens (including phenoxy) is 3. The maximum atomic E-state index is 11.9. The van der Waals surface area contributed by atoms with Gasteiger partial charge in [-0.05, 0) is 108 Å². The molecule has 0 aliphatic carbocycles. The molecule has 0 radical (unpaired) electrons. The van der Waals surface area contributed by atoms with Crippen LogP contribution in [-0.4, -0.2) is 48.4 Å². The Kier molecular flexibility index (Phi) is 14.1. The number of nitrogens with zero attached hydrogens (tertiary/aromatic N) is 1. The molecule has 0 fully saturated rings. The lowest BCUT2D eigenvalue weighted by molar-refractivity contribution is 0.0528. The van der Waals surface area contributed by atoms with Crippen molar-refractivity contribution in [1.82, 2.24) is 10.2 Å². The molecular weight excluding hydrogens is 608 g/mol. The number of amides is 1. The summed E-state index contributed by atoms with van der Waals surface area (Å²) in [4.78, 5) is 14.5. The molecule has 1 atom stereocenters. The molecule has 262 valence electrons. The molecule has 6 nitrogen and oxygen atoms in total. The van der Waals surface area contributed by atoms with Gasteiger partial charge in [-0.3, -0.25) is 4.90 Å². The molecule has 0 saturated heterocycles. The Hall–Kier alpha value is -4.29. The van der Waals surface area contributed by atoms with Gasteiger partial charge >= 0.3 is 6.09 Å². The van der Waals surface area contributed by atoms with Crippen molar-refractivity contribution in [2.75, 3.05) is 19.7 Å². The molecular formula is C43H56N2O4. The molecule has 0 unspecified atom stereocenters. The summed E-state index contributed by atoms with van der Waals surface area (Å²) in [5.41, 5.74) is 5.51. The van der Waals surface area contributed by atoms with E-state index in [-0.39, 0.29) is 5.92 Å². The fourth-order valence-electron chi connectivity index (χ4n) is 6.13. The maximum absolute atomic E-state index is 11.9. The highest BCUT2D eigenvalue weighted by Gasteiger charge is 2.23. The molecule has 1 N–H and O–H groups in total. The van der Waals surface area contributed by atoms with Gasteiger partial charge in [0.05, 0.1) is 6.61 Å². The Balaban J connectivity index is 1.46. The highest BCUT2D eigenvalue weighted by Crippen LogP contribution is 2.36. The van der Waals surface area contributed by atoms with E-state index < -0.39 is 11.7 Å². The lowest BCUT2D eigenvalue weighted by Crippen LogP contribution is -2.38. The smallest absolute Gasteiger partial charge is 0.407 e. The fourth-order valence-corrected chi connectivity index (χ4v) is 6.13. The van der Waals surface area contributed by atoms with Crippen LogP contribution in [0.3, 0.4) is 0 Å². The SMILES string of the molecule is CC(C)N(CC[C@H](c1ccccc1)c1cc(CCOc2ccc(CCNC(=O)OC(C)(C)C)cc2)ccc1OCc1ccccc1)C(C)C. The summed E-state index contributed by atoms with van der Waals surface area (Å²) in [5, 5.41) is 2.82. The van der Waals surface area contributed by atoms with Crippen molar-refractivity contribution >= 4 is 6.09 Å². The number of benzene rings is 4. The normalized spacial score (nSPS) is 12.3. The molecule has 0 aromatic heterocycles. The zero-order chi connectivity index (χ0) is 35.2. The van der Waals surface area contributed by atoms with Gasteiger partial charge in [0.25, 0.3) is 0 Å². The van der Waals surface area contributed by atoms with Crippen LogP contribution in [0, 0.1) is 0 Å². The number of carbonyl (C=O) groups excluding carboxylic acids is 1. The second-order valence-electron chi connectivity index (χ2n) is 14.2. The molecule has 49 heavy (non-hydrogen) atoms. The van der Waals surface area contributed by atoms with Crippen LogP contribution in [0.2, 0.25) is 0 Å². The molecule has 0 spiro atoms. The topological polar surface area (TPSA) is 60.0 Å². The molecule has 4 rings (SSSR count). The van der Waals surface area contributed by atoms with Crippen molar-refractivity contribution in [2.24, 2.45) is 0 Å². The van der Waals surface area contributed by atoms with Gasteiger partial charge in [-0.1, -0.05) is 84.9 Å². The monoisotopic (exact) mass is 664 g/mol. The zero-order valence-corrected chi connectivity index (χ0v) is 30.6. The predicted octanol–water partition coefficient (Wildman–Crippen LogP) is 9.60. The molecule has 1 amide bonds. The largest absolute Gasteiger partial charge is 0.493 e. The number of alkyl carbamates (subject to hydrolysis) is 1. The van der Waals surface area contributed by atoms with E-state index in [4.69, 9.17) is 14.2 Å². The van der Waals surface area contributed by atoms with Gasteiger partial charge in [-0.15, -0.1) is 0 Å². The number of rotatable bonds is 17. The van der Waals surface area contributed by atoms with E-state index in [1.54, 1.807) is 0 Å². The third-order valence-electron chi connectivity index (χ3n) is 8.56. The Labute approximate surface area is 294 Å². The second kappa shape index (κ2) is 18.5. The minimum atomic E-state index is -0.505. The van der Waals surface area contributed by atoms with Crippen molar-refractivity contribution in [3.8, 4) is 11.5 Å². The molecule has 6 heteroatoms. The summed E-state index contributed by atoms with van der Waals surface area (Å²) < 4.78 is 18.1. The molecule has 0 aliphatic heterocycles. The first-order chi connectivity index (χ1) is 23.5. The van der Waals surface area contributed by atoms with Crippen LogP contribution in [-0.2, 0) is 24.2 Å². The summed E-state index contributed by atoms with van der Waals surface area (Å²) in [6.45, 7) is 17.3. The minimum Gasteiger partial charge on any atom is -0.493 e. The molecule has 4 aromatic rings. The highest BCUT2D eigenvalue weighted by molar-refractivity contribution is 5.67. The van der Waals surface area contributed by atoms with Gasteiger partial charge in [-0.2, -0.15) is 0 Å². The van der Waals surface area contributed by atoms with Crippen molar-refractivity contribution in [3.63, 3.8) is 0 Å². The quantitative estimate of drug-likeness (QED) is 0.122. The molecule has 0 bridgehead atoms. The van der Waals surface area contributed by atoms with E-state index in [1.807, 2.05) is 51.1 Å². The van der Waals surface area contributed by atoms with E-state index in [9.17, 15) is 4.79 Å². The lowest BCUT2D eigenvalue weighted by atomic mass is 9.86. The first kappa shape index (κ1) is 37.5. The Morgan fingerprint density at radius 3 is 2.00 bits per heavy atom. The fraction of sp³-hybridized carbons (Fsp3) is 0.419. The highest BCUT2D eigenvalue weighted by atomic mass is 16.6. The Bertz CT molecular complexity index is 1540. The predicted molar refractivity (Wildman–Crippen MR) is 201 cm³/mol. The summed E-state index contributed by atoms with van der Waals surface area (Å²) in [7, 11) is 0. The second-order valence-corrected chi connectivity index (χ2v) is 14.2. The van der Waals surface area contributed by atoms with Crippen molar-refractivity contribution in [2.45, 2.75) is 97.9 Å². The molecule has 4 aromatic carbocycles. The molecule has 0 saturated carbocycles. The average molecular weight is 665 g/mol.